The molecule has 5 nitrogen and oxygen atoms in total. The number of nitriles is 1. The zero-order chi connectivity index (χ0) is 16.1. The molecule has 0 aliphatic rings. The molecule has 0 aliphatic carbocycles. The van der Waals surface area contributed by atoms with Crippen LogP contribution in [0.4, 0.5) is 0 Å². The zero-order valence-corrected chi connectivity index (χ0v) is 12.1. The SMILES string of the molecule is N#Cc1ccc(C(=O)/C=C/c2ccccc2-n2cncn2)cc1. The van der Waals surface area contributed by atoms with E-state index in [1.165, 1.54) is 12.4 Å². The first-order valence-corrected chi connectivity index (χ1v) is 6.94. The second-order valence-electron chi connectivity index (χ2n) is 4.79. The van der Waals surface area contributed by atoms with Gasteiger partial charge in [0.25, 0.3) is 0 Å². The fourth-order valence-electron chi connectivity index (χ4n) is 2.14. The summed E-state index contributed by atoms with van der Waals surface area (Å²) in [5, 5.41) is 12.9. The Labute approximate surface area is 133 Å². The van der Waals surface area contributed by atoms with Gasteiger partial charge >= 0.3 is 0 Å². The van der Waals surface area contributed by atoms with Crippen molar-refractivity contribution < 1.29 is 4.79 Å². The summed E-state index contributed by atoms with van der Waals surface area (Å²) >= 11 is 0. The number of hydrogen-bond acceptors (Lipinski definition) is 4. The van der Waals surface area contributed by atoms with Gasteiger partial charge in [0.1, 0.15) is 12.7 Å². The van der Waals surface area contributed by atoms with Crippen LogP contribution in [-0.2, 0) is 0 Å². The molecule has 3 aromatic rings. The van der Waals surface area contributed by atoms with Crippen molar-refractivity contribution in [1.82, 2.24) is 14.8 Å². The molecule has 1 heterocycles. The molecule has 0 saturated heterocycles. The summed E-state index contributed by atoms with van der Waals surface area (Å²) in [7, 11) is 0. The number of rotatable bonds is 4. The third-order valence-electron chi connectivity index (χ3n) is 3.32. The van der Waals surface area contributed by atoms with Crippen LogP contribution >= 0.6 is 0 Å². The van der Waals surface area contributed by atoms with Gasteiger partial charge in [-0.15, -0.1) is 0 Å². The Morgan fingerprint density at radius 3 is 2.61 bits per heavy atom. The van der Waals surface area contributed by atoms with E-state index in [-0.39, 0.29) is 5.78 Å². The number of benzene rings is 2. The molecular weight excluding hydrogens is 288 g/mol. The summed E-state index contributed by atoms with van der Waals surface area (Å²) in [6.45, 7) is 0. The van der Waals surface area contributed by atoms with Crippen molar-refractivity contribution in [2.45, 2.75) is 0 Å². The molecule has 0 amide bonds. The minimum absolute atomic E-state index is 0.122. The van der Waals surface area contributed by atoms with Crippen molar-refractivity contribution >= 4 is 11.9 Å². The molecule has 2 aromatic carbocycles. The van der Waals surface area contributed by atoms with E-state index >= 15 is 0 Å². The smallest absolute Gasteiger partial charge is 0.185 e. The van der Waals surface area contributed by atoms with E-state index < -0.39 is 0 Å². The highest BCUT2D eigenvalue weighted by molar-refractivity contribution is 6.07. The topological polar surface area (TPSA) is 71.6 Å². The van der Waals surface area contributed by atoms with Gasteiger partial charge in [0, 0.05) is 11.1 Å². The lowest BCUT2D eigenvalue weighted by atomic mass is 10.1. The van der Waals surface area contributed by atoms with Crippen molar-refractivity contribution in [3.05, 3.63) is 84.0 Å². The van der Waals surface area contributed by atoms with Gasteiger partial charge in [-0.05, 0) is 42.5 Å². The fourth-order valence-corrected chi connectivity index (χ4v) is 2.14. The molecule has 0 N–H and O–H groups in total. The van der Waals surface area contributed by atoms with Crippen LogP contribution in [0.25, 0.3) is 11.8 Å². The first-order valence-electron chi connectivity index (χ1n) is 6.94. The van der Waals surface area contributed by atoms with E-state index in [1.54, 1.807) is 41.4 Å². The van der Waals surface area contributed by atoms with Crippen molar-refractivity contribution in [2.24, 2.45) is 0 Å². The first-order chi connectivity index (χ1) is 11.3. The molecule has 0 unspecified atom stereocenters. The molecule has 0 saturated carbocycles. The zero-order valence-electron chi connectivity index (χ0n) is 12.1. The van der Waals surface area contributed by atoms with Crippen LogP contribution in [0.1, 0.15) is 21.5 Å². The number of para-hydroxylation sites is 1. The average Bonchev–Trinajstić information content (AvgIpc) is 3.14. The van der Waals surface area contributed by atoms with Crippen LogP contribution in [-0.4, -0.2) is 20.5 Å². The fraction of sp³-hybridized carbons (Fsp3) is 0. The van der Waals surface area contributed by atoms with E-state index in [2.05, 4.69) is 10.1 Å². The maximum Gasteiger partial charge on any atom is 0.185 e. The molecule has 0 radical (unpaired) electrons. The molecule has 0 bridgehead atoms. The van der Waals surface area contributed by atoms with Gasteiger partial charge in [0.2, 0.25) is 0 Å². The quantitative estimate of drug-likeness (QED) is 0.548. The average molecular weight is 300 g/mol. The van der Waals surface area contributed by atoms with Crippen LogP contribution < -0.4 is 0 Å². The van der Waals surface area contributed by atoms with Gasteiger partial charge < -0.3 is 0 Å². The lowest BCUT2D eigenvalue weighted by molar-refractivity contribution is 0.104. The minimum atomic E-state index is -0.122. The van der Waals surface area contributed by atoms with E-state index in [9.17, 15) is 4.79 Å². The highest BCUT2D eigenvalue weighted by atomic mass is 16.1. The summed E-state index contributed by atoms with van der Waals surface area (Å²) in [5.41, 5.74) is 2.77. The summed E-state index contributed by atoms with van der Waals surface area (Å²) in [5.74, 6) is -0.122. The second-order valence-corrected chi connectivity index (χ2v) is 4.79. The highest BCUT2D eigenvalue weighted by Gasteiger charge is 2.04. The summed E-state index contributed by atoms with van der Waals surface area (Å²) in [6.07, 6.45) is 6.33. The van der Waals surface area contributed by atoms with Crippen molar-refractivity contribution in [3.63, 3.8) is 0 Å². The van der Waals surface area contributed by atoms with Gasteiger partial charge in [-0.2, -0.15) is 10.4 Å². The van der Waals surface area contributed by atoms with Gasteiger partial charge in [0.15, 0.2) is 5.78 Å². The number of carbonyl (C=O) groups excluding carboxylic acids is 1. The van der Waals surface area contributed by atoms with Crippen LogP contribution in [0.3, 0.4) is 0 Å². The standard InChI is InChI=1S/C18H12N4O/c19-11-14-5-7-16(8-6-14)18(23)10-9-15-3-1-2-4-17(15)22-13-20-12-21-22/h1-10,12-13H/b10-9+. The Morgan fingerprint density at radius 2 is 1.91 bits per heavy atom. The van der Waals surface area contributed by atoms with Crippen molar-refractivity contribution in [3.8, 4) is 11.8 Å². The third-order valence-corrected chi connectivity index (χ3v) is 3.32. The van der Waals surface area contributed by atoms with Crippen LogP contribution in [0, 0.1) is 11.3 Å². The van der Waals surface area contributed by atoms with E-state index in [4.69, 9.17) is 5.26 Å². The number of allylic oxidation sites excluding steroid dienone is 1. The summed E-state index contributed by atoms with van der Waals surface area (Å²) in [6, 6.07) is 16.2. The maximum atomic E-state index is 12.2. The van der Waals surface area contributed by atoms with Crippen molar-refractivity contribution in [1.29, 1.82) is 5.26 Å². The highest BCUT2D eigenvalue weighted by Crippen LogP contribution is 2.15. The first kappa shape index (κ1) is 14.4. The van der Waals surface area contributed by atoms with Crippen LogP contribution in [0.15, 0.2) is 67.3 Å². The number of carbonyl (C=O) groups is 1. The molecule has 5 heteroatoms. The number of ketones is 1. The molecule has 0 atom stereocenters. The molecule has 1 aromatic heterocycles. The Morgan fingerprint density at radius 1 is 1.13 bits per heavy atom. The van der Waals surface area contributed by atoms with E-state index in [1.807, 2.05) is 30.3 Å². The molecule has 23 heavy (non-hydrogen) atoms. The Hall–Kier alpha value is -3.52. The molecule has 0 fully saturated rings. The second kappa shape index (κ2) is 6.50. The van der Waals surface area contributed by atoms with Gasteiger partial charge in [0.05, 0.1) is 17.3 Å². The van der Waals surface area contributed by atoms with Gasteiger partial charge in [-0.1, -0.05) is 18.2 Å². The largest absolute Gasteiger partial charge is 0.289 e. The lowest BCUT2D eigenvalue weighted by Gasteiger charge is -2.04. The normalized spacial score (nSPS) is 10.6. The monoisotopic (exact) mass is 300 g/mol. The van der Waals surface area contributed by atoms with Gasteiger partial charge in [-0.25, -0.2) is 9.67 Å². The summed E-state index contributed by atoms with van der Waals surface area (Å²) in [4.78, 5) is 16.1. The maximum absolute atomic E-state index is 12.2. The molecule has 3 rings (SSSR count). The Kier molecular flexibility index (Phi) is 4.07. The van der Waals surface area contributed by atoms with E-state index in [0.29, 0.717) is 11.1 Å². The number of hydrogen-bond donors (Lipinski definition) is 0. The van der Waals surface area contributed by atoms with Gasteiger partial charge in [-0.3, -0.25) is 4.79 Å². The molecule has 0 spiro atoms. The molecule has 110 valence electrons. The molecular formula is C18H12N4O. The van der Waals surface area contributed by atoms with Crippen LogP contribution in [0.2, 0.25) is 0 Å². The number of nitrogens with zero attached hydrogens (tertiary/aromatic N) is 4. The van der Waals surface area contributed by atoms with Crippen molar-refractivity contribution in [2.75, 3.05) is 0 Å². The molecule has 0 aliphatic heterocycles. The Balaban J connectivity index is 1.85. The lowest BCUT2D eigenvalue weighted by Crippen LogP contribution is -1.98. The Bertz CT molecular complexity index is 888. The number of aromatic nitrogens is 3. The summed E-state index contributed by atoms with van der Waals surface area (Å²) < 4.78 is 1.64. The van der Waals surface area contributed by atoms with Crippen LogP contribution in [0.5, 0.6) is 0 Å². The third kappa shape index (κ3) is 3.22. The minimum Gasteiger partial charge on any atom is -0.289 e. The predicted octanol–water partition coefficient (Wildman–Crippen LogP) is 3.04. The van der Waals surface area contributed by atoms with E-state index in [0.717, 1.165) is 11.3 Å². The predicted molar refractivity (Wildman–Crippen MR) is 85.9 cm³/mol.